The van der Waals surface area contributed by atoms with Gasteiger partial charge >= 0.3 is 5.97 Å². The Bertz CT molecular complexity index is 230. The number of nitrogens with zero attached hydrogens (tertiary/aromatic N) is 1. The van der Waals surface area contributed by atoms with E-state index in [1.54, 1.807) is 0 Å². The molecule has 14 heavy (non-hydrogen) atoms. The predicted molar refractivity (Wildman–Crippen MR) is 49.9 cm³/mol. The maximum atomic E-state index is 11.4. The van der Waals surface area contributed by atoms with Gasteiger partial charge in [0.15, 0.2) is 0 Å². The van der Waals surface area contributed by atoms with Gasteiger partial charge in [-0.05, 0) is 12.3 Å². The summed E-state index contributed by atoms with van der Waals surface area (Å²) >= 11 is 0. The third-order valence-electron chi connectivity index (χ3n) is 2.44. The summed E-state index contributed by atoms with van der Waals surface area (Å²) in [6.45, 7) is 2.72. The van der Waals surface area contributed by atoms with Gasteiger partial charge < -0.3 is 9.74 Å². The zero-order valence-corrected chi connectivity index (χ0v) is 8.36. The average Bonchev–Trinajstić information content (AvgIpc) is 2.47. The fraction of sp³-hybridized carbons (Fsp3) is 0.778. The first-order valence-electron chi connectivity index (χ1n) is 4.84. The molecular weight excluding hydrogens is 184 g/mol. The van der Waals surface area contributed by atoms with Gasteiger partial charge in [0.05, 0.1) is 0 Å². The smallest absolute Gasteiger partial charge is 0.344 e. The third kappa shape index (κ3) is 2.70. The molecule has 2 N–H and O–H groups in total. The van der Waals surface area contributed by atoms with E-state index in [4.69, 9.17) is 5.90 Å². The fourth-order valence-corrected chi connectivity index (χ4v) is 1.80. The molecule has 1 atom stereocenters. The number of amides is 1. The van der Waals surface area contributed by atoms with Crippen LogP contribution in [0, 0.1) is 5.92 Å². The Morgan fingerprint density at radius 2 is 2.43 bits per heavy atom. The standard InChI is InChI=1S/C9H16N2O3/c1-2-3-7-4-8(12)11(5-7)6-9(13)14-10/h7H,2-6,10H2,1H3. The van der Waals surface area contributed by atoms with Gasteiger partial charge in [-0.3, -0.25) is 4.79 Å². The quantitative estimate of drug-likeness (QED) is 0.651. The van der Waals surface area contributed by atoms with Crippen LogP contribution in [0.15, 0.2) is 0 Å². The van der Waals surface area contributed by atoms with Gasteiger partial charge in [-0.15, -0.1) is 0 Å². The molecule has 0 aromatic heterocycles. The van der Waals surface area contributed by atoms with Crippen LogP contribution in [0.3, 0.4) is 0 Å². The SMILES string of the molecule is CCCC1CC(=O)N(CC(=O)ON)C1. The van der Waals surface area contributed by atoms with Crippen molar-refractivity contribution in [3.8, 4) is 0 Å². The summed E-state index contributed by atoms with van der Waals surface area (Å²) in [5.74, 6) is 4.55. The van der Waals surface area contributed by atoms with Crippen LogP contribution >= 0.6 is 0 Å². The summed E-state index contributed by atoms with van der Waals surface area (Å²) in [5.41, 5.74) is 0. The van der Waals surface area contributed by atoms with Crippen molar-refractivity contribution >= 4 is 11.9 Å². The Morgan fingerprint density at radius 1 is 1.71 bits per heavy atom. The molecule has 0 spiro atoms. The summed E-state index contributed by atoms with van der Waals surface area (Å²) < 4.78 is 0. The maximum absolute atomic E-state index is 11.4. The highest BCUT2D eigenvalue weighted by molar-refractivity contribution is 5.83. The van der Waals surface area contributed by atoms with E-state index in [0.29, 0.717) is 18.9 Å². The molecule has 0 aromatic carbocycles. The minimum atomic E-state index is -0.560. The molecule has 5 heteroatoms. The monoisotopic (exact) mass is 200 g/mol. The van der Waals surface area contributed by atoms with E-state index in [-0.39, 0.29) is 12.5 Å². The minimum absolute atomic E-state index is 0.0183. The lowest BCUT2D eigenvalue weighted by Gasteiger charge is -2.14. The van der Waals surface area contributed by atoms with E-state index in [0.717, 1.165) is 12.8 Å². The van der Waals surface area contributed by atoms with Gasteiger partial charge in [-0.2, -0.15) is 5.90 Å². The van der Waals surface area contributed by atoms with E-state index in [2.05, 4.69) is 11.8 Å². The second-order valence-electron chi connectivity index (χ2n) is 3.62. The maximum Gasteiger partial charge on any atom is 0.344 e. The Balaban J connectivity index is 2.40. The van der Waals surface area contributed by atoms with E-state index >= 15 is 0 Å². The lowest BCUT2D eigenvalue weighted by molar-refractivity contribution is -0.148. The zero-order chi connectivity index (χ0) is 10.6. The number of carbonyl (C=O) groups is 2. The van der Waals surface area contributed by atoms with Crippen molar-refractivity contribution in [1.29, 1.82) is 0 Å². The lowest BCUT2D eigenvalue weighted by Crippen LogP contribution is -2.33. The van der Waals surface area contributed by atoms with Gasteiger partial charge in [0.25, 0.3) is 0 Å². The molecule has 1 aliphatic rings. The molecule has 80 valence electrons. The molecule has 5 nitrogen and oxygen atoms in total. The zero-order valence-electron chi connectivity index (χ0n) is 8.36. The van der Waals surface area contributed by atoms with Crippen LogP contribution in [0.2, 0.25) is 0 Å². The Morgan fingerprint density at radius 3 is 3.00 bits per heavy atom. The normalized spacial score (nSPS) is 21.4. The summed E-state index contributed by atoms with van der Waals surface area (Å²) in [4.78, 5) is 27.8. The molecule has 0 aliphatic carbocycles. The average molecular weight is 200 g/mol. The van der Waals surface area contributed by atoms with Crippen molar-refractivity contribution in [2.75, 3.05) is 13.1 Å². The van der Waals surface area contributed by atoms with Crippen LogP contribution in [-0.4, -0.2) is 29.9 Å². The molecule has 1 rings (SSSR count). The summed E-state index contributed by atoms with van der Waals surface area (Å²) in [7, 11) is 0. The molecule has 1 heterocycles. The van der Waals surface area contributed by atoms with Crippen LogP contribution in [0.1, 0.15) is 26.2 Å². The van der Waals surface area contributed by atoms with Crippen molar-refractivity contribution in [3.63, 3.8) is 0 Å². The molecule has 0 saturated carbocycles. The van der Waals surface area contributed by atoms with Gasteiger partial charge in [-0.25, -0.2) is 4.79 Å². The van der Waals surface area contributed by atoms with Crippen molar-refractivity contribution < 1.29 is 14.4 Å². The van der Waals surface area contributed by atoms with E-state index in [1.165, 1.54) is 4.90 Å². The molecular formula is C9H16N2O3. The topological polar surface area (TPSA) is 72.6 Å². The summed E-state index contributed by atoms with van der Waals surface area (Å²) in [5, 5.41) is 0. The molecule has 0 radical (unpaired) electrons. The largest absolute Gasteiger partial charge is 0.372 e. The van der Waals surface area contributed by atoms with Crippen molar-refractivity contribution in [2.45, 2.75) is 26.2 Å². The van der Waals surface area contributed by atoms with Crippen LogP contribution in [0.5, 0.6) is 0 Å². The third-order valence-corrected chi connectivity index (χ3v) is 2.44. The second-order valence-corrected chi connectivity index (χ2v) is 3.62. The van der Waals surface area contributed by atoms with Crippen LogP contribution in [0.25, 0.3) is 0 Å². The van der Waals surface area contributed by atoms with Gasteiger partial charge in [0.1, 0.15) is 6.54 Å². The van der Waals surface area contributed by atoms with Crippen molar-refractivity contribution in [1.82, 2.24) is 4.90 Å². The van der Waals surface area contributed by atoms with Gasteiger partial charge in [0, 0.05) is 13.0 Å². The first-order valence-corrected chi connectivity index (χ1v) is 4.84. The van der Waals surface area contributed by atoms with Crippen molar-refractivity contribution in [2.24, 2.45) is 11.8 Å². The Labute approximate surface area is 83.1 Å². The van der Waals surface area contributed by atoms with E-state index in [9.17, 15) is 9.59 Å². The summed E-state index contributed by atoms with van der Waals surface area (Å²) in [6, 6.07) is 0. The number of likely N-dealkylation sites (tertiary alicyclic amines) is 1. The molecule has 1 unspecified atom stereocenters. The molecule has 0 aromatic rings. The van der Waals surface area contributed by atoms with Crippen LogP contribution in [-0.2, 0) is 14.4 Å². The first-order chi connectivity index (χ1) is 6.67. The highest BCUT2D eigenvalue weighted by Crippen LogP contribution is 2.21. The van der Waals surface area contributed by atoms with Gasteiger partial charge in [0.2, 0.25) is 5.91 Å². The Hall–Kier alpha value is -1.10. The highest BCUT2D eigenvalue weighted by atomic mass is 16.7. The number of nitrogens with two attached hydrogens (primary N) is 1. The number of hydrogen-bond donors (Lipinski definition) is 1. The Kier molecular flexibility index (Phi) is 3.88. The van der Waals surface area contributed by atoms with E-state index < -0.39 is 5.97 Å². The fourth-order valence-electron chi connectivity index (χ4n) is 1.80. The van der Waals surface area contributed by atoms with Crippen LogP contribution < -0.4 is 5.90 Å². The van der Waals surface area contributed by atoms with Crippen molar-refractivity contribution in [3.05, 3.63) is 0 Å². The number of hydrogen-bond acceptors (Lipinski definition) is 4. The molecule has 1 amide bonds. The second kappa shape index (κ2) is 4.95. The molecule has 1 aliphatic heterocycles. The highest BCUT2D eigenvalue weighted by Gasteiger charge is 2.30. The molecule has 1 fully saturated rings. The van der Waals surface area contributed by atoms with E-state index in [1.807, 2.05) is 0 Å². The number of rotatable bonds is 4. The number of carbonyl (C=O) groups excluding carboxylic acids is 2. The predicted octanol–water partition coefficient (Wildman–Crippen LogP) is 0.0519. The lowest BCUT2D eigenvalue weighted by atomic mass is 10.0. The molecule has 0 bridgehead atoms. The summed E-state index contributed by atoms with van der Waals surface area (Å²) in [6.07, 6.45) is 2.64. The van der Waals surface area contributed by atoms with Crippen LogP contribution in [0.4, 0.5) is 0 Å². The van der Waals surface area contributed by atoms with Gasteiger partial charge in [-0.1, -0.05) is 13.3 Å². The molecule has 1 saturated heterocycles. The first kappa shape index (κ1) is 11.0. The minimum Gasteiger partial charge on any atom is -0.372 e.